The van der Waals surface area contributed by atoms with Gasteiger partial charge in [0.1, 0.15) is 18.5 Å². The molecule has 0 saturated carbocycles. The highest BCUT2D eigenvalue weighted by Crippen LogP contribution is 2.23. The fourth-order valence-electron chi connectivity index (χ4n) is 3.07. The molecule has 1 aliphatic rings. The number of nitrogens with zero attached hydrogens (tertiary/aromatic N) is 2. The Balaban J connectivity index is 1.37. The van der Waals surface area contributed by atoms with Gasteiger partial charge in [0.2, 0.25) is 0 Å². The van der Waals surface area contributed by atoms with E-state index < -0.39 is 6.10 Å². The van der Waals surface area contributed by atoms with E-state index in [-0.39, 0.29) is 6.61 Å². The van der Waals surface area contributed by atoms with Crippen molar-refractivity contribution >= 4 is 11.6 Å². The second-order valence-electron chi connectivity index (χ2n) is 6.46. The van der Waals surface area contributed by atoms with Gasteiger partial charge in [-0.15, -0.1) is 0 Å². The van der Waals surface area contributed by atoms with Crippen molar-refractivity contribution in [3.8, 4) is 5.75 Å². The van der Waals surface area contributed by atoms with Crippen LogP contribution in [0.2, 0.25) is 5.02 Å². The van der Waals surface area contributed by atoms with E-state index in [1.54, 1.807) is 6.07 Å². The normalized spacial score (nSPS) is 17.4. The summed E-state index contributed by atoms with van der Waals surface area (Å²) in [6.07, 6.45) is -0.517. The average molecular weight is 361 g/mol. The van der Waals surface area contributed by atoms with Crippen LogP contribution in [-0.4, -0.2) is 60.3 Å². The van der Waals surface area contributed by atoms with Crippen LogP contribution in [-0.2, 0) is 6.54 Å². The summed E-state index contributed by atoms with van der Waals surface area (Å²) in [6, 6.07) is 17.9. The van der Waals surface area contributed by atoms with Gasteiger partial charge < -0.3 is 9.84 Å². The predicted octanol–water partition coefficient (Wildman–Crippen LogP) is 2.90. The maximum absolute atomic E-state index is 10.2. The molecule has 0 radical (unpaired) electrons. The number of rotatable bonds is 7. The first-order valence-corrected chi connectivity index (χ1v) is 9.12. The smallest absolute Gasteiger partial charge is 0.138 e. The number of benzene rings is 2. The monoisotopic (exact) mass is 360 g/mol. The largest absolute Gasteiger partial charge is 0.489 e. The van der Waals surface area contributed by atoms with Crippen molar-refractivity contribution in [2.24, 2.45) is 0 Å². The van der Waals surface area contributed by atoms with E-state index in [0.717, 1.165) is 32.7 Å². The molecule has 134 valence electrons. The summed E-state index contributed by atoms with van der Waals surface area (Å²) < 4.78 is 5.62. The number of para-hydroxylation sites is 1. The summed E-state index contributed by atoms with van der Waals surface area (Å²) in [7, 11) is 0. The Kier molecular flexibility index (Phi) is 6.70. The Hall–Kier alpha value is -1.59. The Morgan fingerprint density at radius 3 is 2.28 bits per heavy atom. The zero-order valence-corrected chi connectivity index (χ0v) is 15.1. The number of aliphatic hydroxyl groups excluding tert-OH is 1. The molecule has 2 aromatic rings. The topological polar surface area (TPSA) is 35.9 Å². The molecule has 0 amide bonds. The Labute approximate surface area is 154 Å². The van der Waals surface area contributed by atoms with Gasteiger partial charge in [0.15, 0.2) is 0 Å². The summed E-state index contributed by atoms with van der Waals surface area (Å²) >= 11 is 6.06. The van der Waals surface area contributed by atoms with Crippen molar-refractivity contribution in [3.63, 3.8) is 0 Å². The van der Waals surface area contributed by atoms with Crippen LogP contribution in [0, 0.1) is 0 Å². The van der Waals surface area contributed by atoms with Gasteiger partial charge in [-0.2, -0.15) is 0 Å². The molecule has 0 bridgehead atoms. The van der Waals surface area contributed by atoms with Crippen molar-refractivity contribution in [2.45, 2.75) is 12.6 Å². The minimum absolute atomic E-state index is 0.258. The van der Waals surface area contributed by atoms with Crippen molar-refractivity contribution in [1.29, 1.82) is 0 Å². The maximum Gasteiger partial charge on any atom is 0.138 e. The quantitative estimate of drug-likeness (QED) is 0.823. The minimum atomic E-state index is -0.517. The third kappa shape index (κ3) is 5.72. The molecule has 2 aromatic carbocycles. The molecule has 3 rings (SSSR count). The van der Waals surface area contributed by atoms with Crippen LogP contribution in [0.3, 0.4) is 0 Å². The molecule has 5 heteroatoms. The first-order valence-electron chi connectivity index (χ1n) is 8.75. The van der Waals surface area contributed by atoms with E-state index in [1.165, 1.54) is 5.56 Å². The molecule has 4 nitrogen and oxygen atoms in total. The molecule has 1 atom stereocenters. The van der Waals surface area contributed by atoms with Gasteiger partial charge in [-0.25, -0.2) is 0 Å². The Bertz CT molecular complexity index is 645. The van der Waals surface area contributed by atoms with Crippen molar-refractivity contribution < 1.29 is 9.84 Å². The molecule has 1 unspecified atom stereocenters. The Morgan fingerprint density at radius 1 is 0.920 bits per heavy atom. The molecule has 1 aliphatic heterocycles. The molecule has 25 heavy (non-hydrogen) atoms. The van der Waals surface area contributed by atoms with Crippen LogP contribution < -0.4 is 4.74 Å². The molecule has 0 aromatic heterocycles. The van der Waals surface area contributed by atoms with E-state index in [0.29, 0.717) is 17.3 Å². The lowest BCUT2D eigenvalue weighted by atomic mass is 10.2. The number of hydrogen-bond acceptors (Lipinski definition) is 4. The average Bonchev–Trinajstić information content (AvgIpc) is 2.64. The zero-order valence-electron chi connectivity index (χ0n) is 14.4. The molecule has 0 spiro atoms. The highest BCUT2D eigenvalue weighted by atomic mass is 35.5. The molecule has 1 fully saturated rings. The van der Waals surface area contributed by atoms with Gasteiger partial charge in [0.25, 0.3) is 0 Å². The van der Waals surface area contributed by atoms with E-state index in [1.807, 2.05) is 24.3 Å². The standard InChI is InChI=1S/C20H25ClN2O2/c21-19-8-4-5-9-20(19)25-16-18(24)15-23-12-10-22(11-13-23)14-17-6-2-1-3-7-17/h1-9,18,24H,10-16H2. The summed E-state index contributed by atoms with van der Waals surface area (Å²) in [6.45, 7) is 5.86. The van der Waals surface area contributed by atoms with E-state index >= 15 is 0 Å². The van der Waals surface area contributed by atoms with E-state index in [2.05, 4.69) is 34.1 Å². The first-order chi connectivity index (χ1) is 12.2. The fraction of sp³-hybridized carbons (Fsp3) is 0.400. The second kappa shape index (κ2) is 9.20. The van der Waals surface area contributed by atoms with Gasteiger partial charge in [-0.1, -0.05) is 54.1 Å². The second-order valence-corrected chi connectivity index (χ2v) is 6.86. The summed E-state index contributed by atoms with van der Waals surface area (Å²) in [5.41, 5.74) is 1.35. The fourth-order valence-corrected chi connectivity index (χ4v) is 3.26. The number of halogens is 1. The van der Waals surface area contributed by atoms with Gasteiger partial charge in [-0.05, 0) is 17.7 Å². The van der Waals surface area contributed by atoms with Crippen LogP contribution in [0.4, 0.5) is 0 Å². The number of hydrogen-bond donors (Lipinski definition) is 1. The molecular formula is C20H25ClN2O2. The highest BCUT2D eigenvalue weighted by Gasteiger charge is 2.19. The van der Waals surface area contributed by atoms with Gasteiger partial charge in [0.05, 0.1) is 5.02 Å². The van der Waals surface area contributed by atoms with E-state index in [9.17, 15) is 5.11 Å². The van der Waals surface area contributed by atoms with Crippen LogP contribution in [0.5, 0.6) is 5.75 Å². The van der Waals surface area contributed by atoms with Gasteiger partial charge in [-0.3, -0.25) is 9.80 Å². The maximum atomic E-state index is 10.2. The molecule has 1 heterocycles. The van der Waals surface area contributed by atoms with Crippen LogP contribution >= 0.6 is 11.6 Å². The number of piperazine rings is 1. The lowest BCUT2D eigenvalue weighted by Crippen LogP contribution is -2.48. The number of β-amino-alcohol motifs (C(OH)–C–C–N with tert-alkyl or cyclic N) is 1. The minimum Gasteiger partial charge on any atom is -0.489 e. The number of ether oxygens (including phenoxy) is 1. The summed E-state index contributed by atoms with van der Waals surface area (Å²) in [4.78, 5) is 4.75. The third-order valence-electron chi connectivity index (χ3n) is 4.45. The first kappa shape index (κ1) is 18.2. The van der Waals surface area contributed by atoms with E-state index in [4.69, 9.17) is 16.3 Å². The zero-order chi connectivity index (χ0) is 17.5. The van der Waals surface area contributed by atoms with Gasteiger partial charge in [0, 0.05) is 39.3 Å². The van der Waals surface area contributed by atoms with Crippen molar-refractivity contribution in [1.82, 2.24) is 9.80 Å². The van der Waals surface area contributed by atoms with Crippen molar-refractivity contribution in [3.05, 3.63) is 65.2 Å². The highest BCUT2D eigenvalue weighted by molar-refractivity contribution is 6.32. The van der Waals surface area contributed by atoms with Gasteiger partial charge >= 0.3 is 0 Å². The lowest BCUT2D eigenvalue weighted by molar-refractivity contribution is 0.0446. The summed E-state index contributed by atoms with van der Waals surface area (Å²) in [5.74, 6) is 0.621. The summed E-state index contributed by atoms with van der Waals surface area (Å²) in [5, 5.41) is 10.8. The molecule has 1 saturated heterocycles. The molecular weight excluding hydrogens is 336 g/mol. The molecule has 1 N–H and O–H groups in total. The van der Waals surface area contributed by atoms with Crippen LogP contribution in [0.1, 0.15) is 5.56 Å². The van der Waals surface area contributed by atoms with Crippen LogP contribution in [0.25, 0.3) is 0 Å². The Morgan fingerprint density at radius 2 is 1.56 bits per heavy atom. The van der Waals surface area contributed by atoms with Crippen LogP contribution in [0.15, 0.2) is 54.6 Å². The molecule has 0 aliphatic carbocycles. The van der Waals surface area contributed by atoms with Crippen molar-refractivity contribution in [2.75, 3.05) is 39.3 Å². The SMILES string of the molecule is OC(COc1ccccc1Cl)CN1CCN(Cc2ccccc2)CC1. The lowest BCUT2D eigenvalue weighted by Gasteiger charge is -2.35. The number of aliphatic hydroxyl groups is 1. The predicted molar refractivity (Wildman–Crippen MR) is 101 cm³/mol. The third-order valence-corrected chi connectivity index (χ3v) is 4.76.